The fraction of sp³-hybridized carbons (Fsp3) is 1.00. The van der Waals surface area contributed by atoms with E-state index in [0.717, 1.165) is 19.0 Å². The molecule has 2 heteroatoms. The van der Waals surface area contributed by atoms with E-state index in [0.29, 0.717) is 0 Å². The molecule has 0 atom stereocenters. The van der Waals surface area contributed by atoms with Crippen LogP contribution in [-0.4, -0.2) is 24.3 Å². The molecule has 2 N–H and O–H groups in total. The maximum atomic E-state index is 8.39. The maximum absolute atomic E-state index is 8.39. The first-order valence-corrected chi connectivity index (χ1v) is 6.18. The van der Waals surface area contributed by atoms with Crippen LogP contribution in [0.1, 0.15) is 52.9 Å². The summed E-state index contributed by atoms with van der Waals surface area (Å²) in [5.41, 5.74) is 0. The third-order valence-corrected chi connectivity index (χ3v) is 2.65. The predicted octanol–water partition coefficient (Wildman–Crippen LogP) is 2.56. The molecule has 2 fully saturated rings. The quantitative estimate of drug-likeness (QED) is 0.631. The van der Waals surface area contributed by atoms with Crippen molar-refractivity contribution < 1.29 is 5.11 Å². The van der Waals surface area contributed by atoms with Crippen molar-refractivity contribution in [2.24, 2.45) is 5.92 Å². The number of aliphatic hydroxyl groups is 1. The SMILES string of the molecule is CC.CC1CCCCC1.OC1CNC1. The summed E-state index contributed by atoms with van der Waals surface area (Å²) >= 11 is 0. The molecule has 0 spiro atoms. The fourth-order valence-corrected chi connectivity index (χ4v) is 1.58. The number of hydrogen-bond acceptors (Lipinski definition) is 2. The highest BCUT2D eigenvalue weighted by atomic mass is 16.3. The second-order valence-electron chi connectivity index (χ2n) is 4.06. The van der Waals surface area contributed by atoms with Gasteiger partial charge in [0.2, 0.25) is 0 Å². The van der Waals surface area contributed by atoms with Gasteiger partial charge in [0.1, 0.15) is 0 Å². The molecule has 14 heavy (non-hydrogen) atoms. The zero-order valence-corrected chi connectivity index (χ0v) is 10.1. The van der Waals surface area contributed by atoms with E-state index < -0.39 is 0 Å². The molecule has 1 aliphatic carbocycles. The summed E-state index contributed by atoms with van der Waals surface area (Å²) in [6.45, 7) is 7.94. The van der Waals surface area contributed by atoms with Crippen LogP contribution in [0.5, 0.6) is 0 Å². The van der Waals surface area contributed by atoms with Gasteiger partial charge in [0.05, 0.1) is 6.10 Å². The largest absolute Gasteiger partial charge is 0.390 e. The highest BCUT2D eigenvalue weighted by molar-refractivity contribution is 4.71. The Balaban J connectivity index is 0.000000213. The predicted molar refractivity (Wildman–Crippen MR) is 62.5 cm³/mol. The summed E-state index contributed by atoms with van der Waals surface area (Å²) in [6.07, 6.45) is 7.39. The molecule has 0 amide bonds. The lowest BCUT2D eigenvalue weighted by molar-refractivity contribution is 0.117. The highest BCUT2D eigenvalue weighted by Crippen LogP contribution is 2.22. The van der Waals surface area contributed by atoms with Crippen molar-refractivity contribution in [1.29, 1.82) is 0 Å². The van der Waals surface area contributed by atoms with E-state index in [2.05, 4.69) is 12.2 Å². The summed E-state index contributed by atoms with van der Waals surface area (Å²) in [6, 6.07) is 0. The minimum absolute atomic E-state index is 0.0463. The molecule has 0 unspecified atom stereocenters. The second kappa shape index (κ2) is 9.47. The maximum Gasteiger partial charge on any atom is 0.0788 e. The van der Waals surface area contributed by atoms with Gasteiger partial charge >= 0.3 is 0 Å². The van der Waals surface area contributed by atoms with Gasteiger partial charge in [-0.1, -0.05) is 52.9 Å². The highest BCUT2D eigenvalue weighted by Gasteiger charge is 2.10. The first-order chi connectivity index (χ1) is 6.79. The van der Waals surface area contributed by atoms with Crippen molar-refractivity contribution in [2.75, 3.05) is 13.1 Å². The number of rotatable bonds is 0. The average Bonchev–Trinajstić information content (AvgIpc) is 2.20. The topological polar surface area (TPSA) is 32.3 Å². The molecule has 0 aromatic heterocycles. The van der Waals surface area contributed by atoms with Gasteiger partial charge in [-0.05, 0) is 5.92 Å². The zero-order valence-electron chi connectivity index (χ0n) is 10.1. The van der Waals surface area contributed by atoms with Gasteiger partial charge in [0.15, 0.2) is 0 Å². The average molecular weight is 201 g/mol. The molecule has 1 aliphatic heterocycles. The van der Waals surface area contributed by atoms with E-state index in [9.17, 15) is 0 Å². The molecule has 0 aromatic carbocycles. The van der Waals surface area contributed by atoms with Crippen LogP contribution in [0.2, 0.25) is 0 Å². The van der Waals surface area contributed by atoms with E-state index in [1.54, 1.807) is 0 Å². The summed E-state index contributed by atoms with van der Waals surface area (Å²) < 4.78 is 0. The Morgan fingerprint density at radius 3 is 1.57 bits per heavy atom. The van der Waals surface area contributed by atoms with Crippen LogP contribution in [0, 0.1) is 5.92 Å². The van der Waals surface area contributed by atoms with E-state index in [1.807, 2.05) is 13.8 Å². The molecule has 1 saturated heterocycles. The van der Waals surface area contributed by atoms with E-state index in [4.69, 9.17) is 5.11 Å². The lowest BCUT2D eigenvalue weighted by Gasteiger charge is -2.20. The molecular weight excluding hydrogens is 174 g/mol. The molecular formula is C12H27NO. The second-order valence-corrected chi connectivity index (χ2v) is 4.06. The van der Waals surface area contributed by atoms with E-state index in [1.165, 1.54) is 32.1 Å². The number of nitrogens with one attached hydrogen (secondary N) is 1. The van der Waals surface area contributed by atoms with Crippen LogP contribution in [0.25, 0.3) is 0 Å². The van der Waals surface area contributed by atoms with Gasteiger partial charge in [-0.3, -0.25) is 0 Å². The summed E-state index contributed by atoms with van der Waals surface area (Å²) in [5, 5.41) is 11.3. The van der Waals surface area contributed by atoms with Crippen LogP contribution in [0.4, 0.5) is 0 Å². The normalized spacial score (nSPS) is 22.3. The smallest absolute Gasteiger partial charge is 0.0788 e. The third kappa shape index (κ3) is 7.34. The minimum Gasteiger partial charge on any atom is -0.390 e. The monoisotopic (exact) mass is 201 g/mol. The molecule has 2 aliphatic rings. The van der Waals surface area contributed by atoms with Gasteiger partial charge in [-0.15, -0.1) is 0 Å². The molecule has 0 bridgehead atoms. The van der Waals surface area contributed by atoms with Gasteiger partial charge in [0.25, 0.3) is 0 Å². The van der Waals surface area contributed by atoms with Crippen LogP contribution in [0.3, 0.4) is 0 Å². The molecule has 86 valence electrons. The van der Waals surface area contributed by atoms with Gasteiger partial charge in [-0.2, -0.15) is 0 Å². The van der Waals surface area contributed by atoms with Crippen LogP contribution in [0.15, 0.2) is 0 Å². The van der Waals surface area contributed by atoms with Gasteiger partial charge < -0.3 is 10.4 Å². The Morgan fingerprint density at radius 1 is 1.00 bits per heavy atom. The molecule has 1 saturated carbocycles. The van der Waals surface area contributed by atoms with E-state index in [-0.39, 0.29) is 6.10 Å². The van der Waals surface area contributed by atoms with Gasteiger partial charge in [-0.25, -0.2) is 0 Å². The number of aliphatic hydroxyl groups excluding tert-OH is 1. The molecule has 1 heterocycles. The zero-order chi connectivity index (χ0) is 10.8. The number of β-amino-alcohol motifs (C(OH)–C–C–N with tert-alkyl or cyclic N) is 1. The third-order valence-electron chi connectivity index (χ3n) is 2.65. The first-order valence-electron chi connectivity index (χ1n) is 6.18. The van der Waals surface area contributed by atoms with Crippen LogP contribution in [-0.2, 0) is 0 Å². The van der Waals surface area contributed by atoms with Crippen molar-refractivity contribution in [3.8, 4) is 0 Å². The summed E-state index contributed by atoms with van der Waals surface area (Å²) in [7, 11) is 0. The molecule has 0 radical (unpaired) electrons. The molecule has 2 nitrogen and oxygen atoms in total. The van der Waals surface area contributed by atoms with E-state index >= 15 is 0 Å². The summed E-state index contributed by atoms with van der Waals surface area (Å²) in [4.78, 5) is 0. The Labute approximate surface area is 89.1 Å². The van der Waals surface area contributed by atoms with Crippen LogP contribution < -0.4 is 5.32 Å². The Morgan fingerprint density at radius 2 is 1.43 bits per heavy atom. The summed E-state index contributed by atoms with van der Waals surface area (Å²) in [5.74, 6) is 1.04. The Kier molecular flexibility index (Phi) is 9.42. The lowest BCUT2D eigenvalue weighted by atomic mass is 9.91. The van der Waals surface area contributed by atoms with Crippen molar-refractivity contribution >= 4 is 0 Å². The Bertz CT molecular complexity index is 107. The standard InChI is InChI=1S/C7H14.C3H7NO.C2H6/c1-7-5-3-2-4-6-7;5-3-1-4-2-3;1-2/h7H,2-6H2,1H3;3-5H,1-2H2;1-2H3. The molecule has 2 rings (SSSR count). The first kappa shape index (κ1) is 13.9. The van der Waals surface area contributed by atoms with Crippen molar-refractivity contribution in [1.82, 2.24) is 5.32 Å². The van der Waals surface area contributed by atoms with Crippen molar-refractivity contribution in [3.05, 3.63) is 0 Å². The number of hydrogen-bond donors (Lipinski definition) is 2. The minimum atomic E-state index is -0.0463. The Hall–Kier alpha value is -0.0800. The lowest BCUT2D eigenvalue weighted by Crippen LogP contribution is -2.46. The molecule has 0 aromatic rings. The fourth-order valence-electron chi connectivity index (χ4n) is 1.58. The van der Waals surface area contributed by atoms with Gasteiger partial charge in [0, 0.05) is 13.1 Å². The van der Waals surface area contributed by atoms with Crippen LogP contribution >= 0.6 is 0 Å². The van der Waals surface area contributed by atoms with Crippen molar-refractivity contribution in [2.45, 2.75) is 59.0 Å². The van der Waals surface area contributed by atoms with Crippen molar-refractivity contribution in [3.63, 3.8) is 0 Å².